The molecule has 0 atom stereocenters. The van der Waals surface area contributed by atoms with Gasteiger partial charge >= 0.3 is 0 Å². The van der Waals surface area contributed by atoms with Gasteiger partial charge in [0.05, 0.1) is 0 Å². The predicted octanol–water partition coefficient (Wildman–Crippen LogP) is -0.388. The van der Waals surface area contributed by atoms with Crippen molar-refractivity contribution in [1.29, 1.82) is 0 Å². The monoisotopic (exact) mass is 199 g/mol. The van der Waals surface area contributed by atoms with Crippen molar-refractivity contribution in [1.82, 2.24) is 0 Å². The number of hydrogen-bond acceptors (Lipinski definition) is 0. The van der Waals surface area contributed by atoms with Gasteiger partial charge in [-0.15, -0.1) is 0 Å². The second-order valence-electron chi connectivity index (χ2n) is 0. The summed E-state index contributed by atoms with van der Waals surface area (Å²) in [6.45, 7) is 0. The van der Waals surface area contributed by atoms with Crippen LogP contribution in [0.5, 0.6) is 0 Å². The summed E-state index contributed by atoms with van der Waals surface area (Å²) in [5.41, 5.74) is 0. The molecular weight excluding hydrogens is 201 g/mol. The van der Waals surface area contributed by atoms with Crippen LogP contribution in [0.4, 0.5) is 0 Å². The molecule has 0 saturated heterocycles. The van der Waals surface area contributed by atoms with Crippen LogP contribution in [0.15, 0.2) is 0 Å². The molecule has 0 fully saturated rings. The van der Waals surface area contributed by atoms with Crippen LogP contribution in [0.3, 0.4) is 0 Å². The van der Waals surface area contributed by atoms with Crippen molar-refractivity contribution in [3.05, 3.63) is 0 Å². The van der Waals surface area contributed by atoms with E-state index in [4.69, 9.17) is 0 Å². The smallest absolute Gasteiger partial charge is 0 e. The minimum atomic E-state index is 0. The quantitative estimate of drug-likeness (QED) is 0.468. The number of hydrogen-bond donors (Lipinski definition) is 0. The van der Waals surface area contributed by atoms with Gasteiger partial charge in [-0.2, -0.15) is 0 Å². The van der Waals surface area contributed by atoms with E-state index in [-0.39, 0.29) is 81.3 Å². The van der Waals surface area contributed by atoms with Gasteiger partial charge in [-0.25, -0.2) is 0 Å². The van der Waals surface area contributed by atoms with Gasteiger partial charge in [0.1, 0.15) is 0 Å². The number of rotatable bonds is 0. The molecule has 0 unspecified atom stereocenters. The zero-order chi connectivity index (χ0) is 0. The summed E-state index contributed by atoms with van der Waals surface area (Å²) in [7, 11) is 0. The van der Waals surface area contributed by atoms with Crippen molar-refractivity contribution in [3.8, 4) is 0 Å². The van der Waals surface area contributed by atoms with E-state index < -0.39 is 0 Å². The van der Waals surface area contributed by atoms with Gasteiger partial charge in [0.2, 0.25) is 0 Å². The summed E-state index contributed by atoms with van der Waals surface area (Å²) < 4.78 is 0. The zero-order valence-corrected chi connectivity index (χ0v) is 9.10. The second-order valence-corrected chi connectivity index (χ2v) is 0. The third kappa shape index (κ3) is 8.82. The molecule has 3 radical (unpaired) electrons. The molecule has 0 nitrogen and oxygen atoms in total. The standard InChI is InChI=1S/Cu.Mg.Ti.Zn. The molecule has 0 aliphatic carbocycles. The van der Waals surface area contributed by atoms with Crippen LogP contribution in [-0.2, 0) is 58.3 Å². The van der Waals surface area contributed by atoms with E-state index >= 15 is 0 Å². The normalized spacial score (nSPS) is 0. The molecule has 0 aromatic carbocycles. The molecule has 4 heavy (non-hydrogen) atoms. The Morgan fingerprint density at radius 2 is 1.00 bits per heavy atom. The summed E-state index contributed by atoms with van der Waals surface area (Å²) in [5, 5.41) is 0. The molecule has 0 spiro atoms. The van der Waals surface area contributed by atoms with E-state index in [1.165, 1.54) is 0 Å². The van der Waals surface area contributed by atoms with Gasteiger partial charge in [-0.3, -0.25) is 0 Å². The summed E-state index contributed by atoms with van der Waals surface area (Å²) in [6, 6.07) is 0. The first-order chi connectivity index (χ1) is 0. The van der Waals surface area contributed by atoms with Crippen LogP contribution < -0.4 is 0 Å². The third-order valence-corrected chi connectivity index (χ3v) is 0. The average Bonchev–Trinajstić information content (AvgIpc) is 0. The maximum absolute atomic E-state index is 0. The van der Waals surface area contributed by atoms with E-state index in [0.29, 0.717) is 0 Å². The molecule has 0 heterocycles. The van der Waals surface area contributed by atoms with Crippen LogP contribution in [-0.4, -0.2) is 23.1 Å². The fourth-order valence-electron chi connectivity index (χ4n) is 0. The maximum atomic E-state index is 0. The minimum absolute atomic E-state index is 0. The van der Waals surface area contributed by atoms with Gasteiger partial charge in [0.15, 0.2) is 0 Å². The fourth-order valence-corrected chi connectivity index (χ4v) is 0. The molecule has 19 valence electrons. The first-order valence-corrected chi connectivity index (χ1v) is 0. The SMILES string of the molecule is [Cu].[Mg].[Ti].[Zn]. The minimum Gasteiger partial charge on any atom is 0 e. The van der Waals surface area contributed by atoms with Crippen molar-refractivity contribution in [3.63, 3.8) is 0 Å². The average molecular weight is 201 g/mol. The molecule has 0 amide bonds. The molecule has 0 N–H and O–H groups in total. The zero-order valence-electron chi connectivity index (χ0n) is 2.22. The Hall–Kier alpha value is 2.62. The Balaban J connectivity index is 0. The van der Waals surface area contributed by atoms with Crippen molar-refractivity contribution in [2.75, 3.05) is 0 Å². The van der Waals surface area contributed by atoms with Crippen molar-refractivity contribution in [2.24, 2.45) is 0 Å². The van der Waals surface area contributed by atoms with Gasteiger partial charge < -0.3 is 0 Å². The molecule has 0 aliphatic heterocycles. The first kappa shape index (κ1) is 30.4. The van der Waals surface area contributed by atoms with E-state index in [2.05, 4.69) is 0 Å². The summed E-state index contributed by atoms with van der Waals surface area (Å²) in [5.74, 6) is 0. The van der Waals surface area contributed by atoms with Crippen LogP contribution in [0, 0.1) is 0 Å². The third-order valence-electron chi connectivity index (χ3n) is 0. The fraction of sp³-hybridized carbons (Fsp3) is 0. The Bertz CT molecular complexity index is 8.00. The Morgan fingerprint density at radius 3 is 1.00 bits per heavy atom. The molecule has 0 aromatic heterocycles. The van der Waals surface area contributed by atoms with Gasteiger partial charge in [-0.05, 0) is 0 Å². The van der Waals surface area contributed by atoms with Gasteiger partial charge in [-0.1, -0.05) is 0 Å². The molecular formula is CuMgTiZn. The first-order valence-electron chi connectivity index (χ1n) is 0. The molecule has 0 saturated carbocycles. The molecule has 0 aliphatic rings. The van der Waals surface area contributed by atoms with E-state index in [0.717, 1.165) is 0 Å². The Morgan fingerprint density at radius 1 is 1.00 bits per heavy atom. The topological polar surface area (TPSA) is 0 Å². The molecule has 4 heteroatoms. The van der Waals surface area contributed by atoms with Crippen LogP contribution in [0.25, 0.3) is 0 Å². The van der Waals surface area contributed by atoms with E-state index in [9.17, 15) is 0 Å². The maximum Gasteiger partial charge on any atom is 0 e. The van der Waals surface area contributed by atoms with Crippen molar-refractivity contribution in [2.45, 2.75) is 0 Å². The van der Waals surface area contributed by atoms with Gasteiger partial charge in [0.25, 0.3) is 0 Å². The summed E-state index contributed by atoms with van der Waals surface area (Å²) >= 11 is 0. The van der Waals surface area contributed by atoms with Crippen LogP contribution >= 0.6 is 0 Å². The Labute approximate surface area is 80.1 Å². The molecule has 0 rings (SSSR count). The Kier molecular flexibility index (Phi) is 133. The van der Waals surface area contributed by atoms with E-state index in [1.807, 2.05) is 0 Å². The van der Waals surface area contributed by atoms with Crippen molar-refractivity contribution >= 4 is 23.1 Å². The molecule has 0 aromatic rings. The predicted molar refractivity (Wildman–Crippen MR) is 5.75 cm³/mol. The van der Waals surface area contributed by atoms with Crippen LogP contribution in [0.1, 0.15) is 0 Å². The summed E-state index contributed by atoms with van der Waals surface area (Å²) in [6.07, 6.45) is 0. The van der Waals surface area contributed by atoms with Crippen LogP contribution in [0.2, 0.25) is 0 Å². The largest absolute Gasteiger partial charge is 0 e. The molecule has 0 bridgehead atoms. The van der Waals surface area contributed by atoms with E-state index in [1.54, 1.807) is 0 Å². The second kappa shape index (κ2) is 17.5. The summed E-state index contributed by atoms with van der Waals surface area (Å²) in [4.78, 5) is 0. The van der Waals surface area contributed by atoms with Crippen molar-refractivity contribution < 1.29 is 58.3 Å². The van der Waals surface area contributed by atoms with Gasteiger partial charge in [0, 0.05) is 81.3 Å².